The second-order valence-corrected chi connectivity index (χ2v) is 6.63. The van der Waals surface area contributed by atoms with Gasteiger partial charge in [-0.1, -0.05) is 6.07 Å². The zero-order valence-electron chi connectivity index (χ0n) is 13.1. The first-order valence-corrected chi connectivity index (χ1v) is 8.33. The van der Waals surface area contributed by atoms with Crippen LogP contribution in [-0.4, -0.2) is 22.6 Å². The van der Waals surface area contributed by atoms with Gasteiger partial charge < -0.3 is 9.47 Å². The lowest BCUT2D eigenvalue weighted by molar-refractivity contribution is 0.385. The minimum Gasteiger partial charge on any atom is -0.496 e. The minimum absolute atomic E-state index is 0.00287. The summed E-state index contributed by atoms with van der Waals surface area (Å²) in [7, 11) is -0.664. The number of hydrogen-bond donors (Lipinski definition) is 1. The van der Waals surface area contributed by atoms with Crippen LogP contribution in [0, 0.1) is 12.7 Å². The van der Waals surface area contributed by atoms with Gasteiger partial charge in [-0.15, -0.1) is 0 Å². The van der Waals surface area contributed by atoms with E-state index in [1.54, 1.807) is 19.2 Å². The number of ether oxygens (including phenoxy) is 2. The molecule has 0 bridgehead atoms. The predicted molar refractivity (Wildman–Crippen MR) is 84.7 cm³/mol. The van der Waals surface area contributed by atoms with Gasteiger partial charge in [-0.2, -0.15) is 0 Å². The molecular formula is C16H18FNO4S. The van der Waals surface area contributed by atoms with Crippen LogP contribution in [-0.2, 0) is 16.6 Å². The lowest BCUT2D eigenvalue weighted by atomic mass is 10.1. The lowest BCUT2D eigenvalue weighted by Gasteiger charge is -2.15. The van der Waals surface area contributed by atoms with Gasteiger partial charge in [0.1, 0.15) is 17.3 Å². The van der Waals surface area contributed by atoms with Gasteiger partial charge in [0.15, 0.2) is 0 Å². The maximum Gasteiger partial charge on any atom is 0.240 e. The molecular weight excluding hydrogens is 321 g/mol. The molecule has 2 rings (SSSR count). The van der Waals surface area contributed by atoms with E-state index in [9.17, 15) is 12.8 Å². The number of benzene rings is 2. The van der Waals surface area contributed by atoms with Gasteiger partial charge in [-0.05, 0) is 37.3 Å². The van der Waals surface area contributed by atoms with Crippen LogP contribution in [0.3, 0.4) is 0 Å². The average Bonchev–Trinajstić information content (AvgIpc) is 2.53. The lowest BCUT2D eigenvalue weighted by Crippen LogP contribution is -2.23. The van der Waals surface area contributed by atoms with Crippen molar-refractivity contribution in [2.75, 3.05) is 14.2 Å². The Morgan fingerprint density at radius 1 is 1.04 bits per heavy atom. The van der Waals surface area contributed by atoms with E-state index in [0.29, 0.717) is 17.1 Å². The summed E-state index contributed by atoms with van der Waals surface area (Å²) in [6, 6.07) is 8.12. The van der Waals surface area contributed by atoms with Gasteiger partial charge in [0, 0.05) is 17.7 Å². The molecule has 23 heavy (non-hydrogen) atoms. The zero-order valence-corrected chi connectivity index (χ0v) is 13.9. The summed E-state index contributed by atoms with van der Waals surface area (Å²) < 4.78 is 50.4. The van der Waals surface area contributed by atoms with Crippen LogP contribution in [0.25, 0.3) is 0 Å². The summed E-state index contributed by atoms with van der Waals surface area (Å²) in [5.41, 5.74) is 1.46. The molecule has 5 nitrogen and oxygen atoms in total. The normalized spacial score (nSPS) is 11.3. The highest BCUT2D eigenvalue weighted by Gasteiger charge is 2.16. The van der Waals surface area contributed by atoms with Crippen LogP contribution in [0.5, 0.6) is 11.5 Å². The highest BCUT2D eigenvalue weighted by Crippen LogP contribution is 2.31. The van der Waals surface area contributed by atoms with Gasteiger partial charge in [0.25, 0.3) is 0 Å². The highest BCUT2D eigenvalue weighted by molar-refractivity contribution is 7.89. The Labute approximate surface area is 135 Å². The largest absolute Gasteiger partial charge is 0.496 e. The first-order chi connectivity index (χ1) is 10.9. The molecule has 0 aliphatic rings. The van der Waals surface area contributed by atoms with E-state index < -0.39 is 15.8 Å². The van der Waals surface area contributed by atoms with E-state index in [2.05, 4.69) is 4.72 Å². The number of nitrogens with one attached hydrogen (secondary N) is 1. The van der Waals surface area contributed by atoms with E-state index in [-0.39, 0.29) is 11.4 Å². The number of hydrogen-bond acceptors (Lipinski definition) is 4. The Kier molecular flexibility index (Phi) is 5.23. The van der Waals surface area contributed by atoms with Crippen LogP contribution >= 0.6 is 0 Å². The molecule has 0 aromatic heterocycles. The molecule has 2 aromatic carbocycles. The smallest absolute Gasteiger partial charge is 0.240 e. The molecule has 0 heterocycles. The molecule has 124 valence electrons. The molecule has 1 N–H and O–H groups in total. The van der Waals surface area contributed by atoms with Crippen molar-refractivity contribution in [3.63, 3.8) is 0 Å². The fraction of sp³-hybridized carbons (Fsp3) is 0.250. The predicted octanol–water partition coefficient (Wildman–Crippen LogP) is 2.63. The summed E-state index contributed by atoms with van der Waals surface area (Å²) >= 11 is 0. The summed E-state index contributed by atoms with van der Waals surface area (Å²) in [6.07, 6.45) is 0. The number of methoxy groups -OCH3 is 2. The maximum atomic E-state index is 12.9. The monoisotopic (exact) mass is 339 g/mol. The van der Waals surface area contributed by atoms with Crippen LogP contribution in [0.2, 0.25) is 0 Å². The molecule has 0 atom stereocenters. The Morgan fingerprint density at radius 2 is 1.70 bits per heavy atom. The van der Waals surface area contributed by atoms with Crippen molar-refractivity contribution < 1.29 is 22.3 Å². The second-order valence-electron chi connectivity index (χ2n) is 4.86. The van der Waals surface area contributed by atoms with E-state index >= 15 is 0 Å². The van der Waals surface area contributed by atoms with Crippen molar-refractivity contribution in [2.24, 2.45) is 0 Å². The van der Waals surface area contributed by atoms with Gasteiger partial charge in [-0.3, -0.25) is 0 Å². The molecule has 7 heteroatoms. The van der Waals surface area contributed by atoms with E-state index in [1.165, 1.54) is 19.2 Å². The molecule has 0 radical (unpaired) electrons. The topological polar surface area (TPSA) is 64.6 Å². The standard InChI is InChI=1S/C16H18FNO4S/c1-11-15(21-2)9-4-12(16(11)22-3)10-18-23(19,20)14-7-5-13(17)6-8-14/h4-9,18H,10H2,1-3H3. The second kappa shape index (κ2) is 6.97. The Morgan fingerprint density at radius 3 is 2.26 bits per heavy atom. The van der Waals surface area contributed by atoms with Crippen LogP contribution in [0.15, 0.2) is 41.3 Å². The van der Waals surface area contributed by atoms with E-state index in [4.69, 9.17) is 9.47 Å². The molecule has 2 aromatic rings. The first kappa shape index (κ1) is 17.2. The average molecular weight is 339 g/mol. The summed E-state index contributed by atoms with van der Waals surface area (Å²) in [6.45, 7) is 1.88. The van der Waals surface area contributed by atoms with Crippen molar-refractivity contribution in [2.45, 2.75) is 18.4 Å². The molecule has 0 saturated carbocycles. The summed E-state index contributed by atoms with van der Waals surface area (Å²) in [5.74, 6) is 0.731. The van der Waals surface area contributed by atoms with Crippen molar-refractivity contribution in [3.8, 4) is 11.5 Å². The minimum atomic E-state index is -3.73. The molecule has 0 spiro atoms. The van der Waals surface area contributed by atoms with E-state index in [1.807, 2.05) is 6.92 Å². The quantitative estimate of drug-likeness (QED) is 0.879. The maximum absolute atomic E-state index is 12.9. The van der Waals surface area contributed by atoms with Gasteiger partial charge in [-0.25, -0.2) is 17.5 Å². The van der Waals surface area contributed by atoms with Gasteiger partial charge >= 0.3 is 0 Å². The van der Waals surface area contributed by atoms with Crippen LogP contribution < -0.4 is 14.2 Å². The third kappa shape index (κ3) is 3.80. The molecule has 0 amide bonds. The summed E-state index contributed by atoms with van der Waals surface area (Å²) in [5, 5.41) is 0. The number of halogens is 1. The molecule has 0 aliphatic carbocycles. The third-order valence-corrected chi connectivity index (χ3v) is 4.86. The zero-order chi connectivity index (χ0) is 17.0. The first-order valence-electron chi connectivity index (χ1n) is 6.84. The van der Waals surface area contributed by atoms with Crippen molar-refractivity contribution in [1.82, 2.24) is 4.72 Å². The van der Waals surface area contributed by atoms with E-state index in [0.717, 1.165) is 17.7 Å². The Balaban J connectivity index is 2.23. The van der Waals surface area contributed by atoms with Crippen molar-refractivity contribution >= 4 is 10.0 Å². The fourth-order valence-electron chi connectivity index (χ4n) is 2.24. The number of rotatable bonds is 6. The highest BCUT2D eigenvalue weighted by atomic mass is 32.2. The fourth-order valence-corrected chi connectivity index (χ4v) is 3.25. The Hall–Kier alpha value is -2.12. The molecule has 0 fully saturated rings. The van der Waals surface area contributed by atoms with Crippen molar-refractivity contribution in [3.05, 3.63) is 53.3 Å². The molecule has 0 aliphatic heterocycles. The Bertz CT molecular complexity index is 788. The van der Waals surface area contributed by atoms with Crippen molar-refractivity contribution in [1.29, 1.82) is 0 Å². The molecule has 0 saturated heterocycles. The van der Waals surface area contributed by atoms with Gasteiger partial charge in [0.05, 0.1) is 19.1 Å². The molecule has 0 unspecified atom stereocenters. The van der Waals surface area contributed by atoms with Crippen LogP contribution in [0.4, 0.5) is 4.39 Å². The van der Waals surface area contributed by atoms with Gasteiger partial charge in [0.2, 0.25) is 10.0 Å². The summed E-state index contributed by atoms with van der Waals surface area (Å²) in [4.78, 5) is 0.00287. The number of sulfonamides is 1. The third-order valence-electron chi connectivity index (χ3n) is 3.44. The SMILES string of the molecule is COc1ccc(CNS(=O)(=O)c2ccc(F)cc2)c(OC)c1C. The van der Waals surface area contributed by atoms with Crippen LogP contribution in [0.1, 0.15) is 11.1 Å².